The summed E-state index contributed by atoms with van der Waals surface area (Å²) in [5.41, 5.74) is 5.80. The van der Waals surface area contributed by atoms with Gasteiger partial charge < -0.3 is 15.4 Å². The number of ether oxygens (including phenoxy) is 1. The van der Waals surface area contributed by atoms with E-state index in [9.17, 15) is 9.59 Å². The van der Waals surface area contributed by atoms with Gasteiger partial charge in [-0.3, -0.25) is 9.59 Å². The summed E-state index contributed by atoms with van der Waals surface area (Å²) in [6.45, 7) is 3.22. The van der Waals surface area contributed by atoms with Crippen LogP contribution in [0.25, 0.3) is 0 Å². The molecule has 0 saturated carbocycles. The maximum absolute atomic E-state index is 11.9. The van der Waals surface area contributed by atoms with E-state index in [0.717, 1.165) is 12.8 Å². The average molecular weight is 279 g/mol. The second-order valence-electron chi connectivity index (χ2n) is 4.52. The number of piperidine rings is 1. The molecule has 1 saturated heterocycles. The van der Waals surface area contributed by atoms with Gasteiger partial charge in [-0.25, -0.2) is 0 Å². The number of carbonyl (C=O) groups excluding carboxylic acids is 2. The van der Waals surface area contributed by atoms with Crippen LogP contribution in [0.15, 0.2) is 0 Å². The summed E-state index contributed by atoms with van der Waals surface area (Å²) in [6.07, 6.45) is 2.98. The van der Waals surface area contributed by atoms with E-state index in [2.05, 4.69) is 0 Å². The molecule has 1 amide bonds. The third kappa shape index (κ3) is 4.46. The van der Waals surface area contributed by atoms with Gasteiger partial charge in [0.2, 0.25) is 5.91 Å². The molecule has 0 radical (unpaired) electrons. The second kappa shape index (κ2) is 8.32. The van der Waals surface area contributed by atoms with E-state index < -0.39 is 6.04 Å². The molecular formula is C12H23ClN2O3. The summed E-state index contributed by atoms with van der Waals surface area (Å²) in [7, 11) is 1.40. The van der Waals surface area contributed by atoms with Crippen LogP contribution in [-0.4, -0.2) is 43.0 Å². The van der Waals surface area contributed by atoms with Gasteiger partial charge in [0.05, 0.1) is 19.1 Å². The molecule has 0 spiro atoms. The highest BCUT2D eigenvalue weighted by Gasteiger charge is 2.29. The number of methoxy groups -OCH3 is 1. The summed E-state index contributed by atoms with van der Waals surface area (Å²) in [5.74, 6) is -0.225. The van der Waals surface area contributed by atoms with E-state index in [1.807, 2.05) is 6.92 Å². The molecule has 0 aromatic rings. The lowest BCUT2D eigenvalue weighted by molar-refractivity contribution is -0.149. The third-order valence-electron chi connectivity index (χ3n) is 3.26. The fourth-order valence-electron chi connectivity index (χ4n) is 2.17. The Kier molecular flexibility index (Phi) is 7.95. The van der Waals surface area contributed by atoms with Crippen molar-refractivity contribution in [3.8, 4) is 0 Å². The lowest BCUT2D eigenvalue weighted by Crippen LogP contribution is -2.47. The Bertz CT molecular complexity index is 278. The van der Waals surface area contributed by atoms with Crippen molar-refractivity contribution in [2.45, 2.75) is 38.6 Å². The van der Waals surface area contributed by atoms with E-state index in [-0.39, 0.29) is 30.2 Å². The Morgan fingerprint density at radius 1 is 1.39 bits per heavy atom. The largest absolute Gasteiger partial charge is 0.469 e. The van der Waals surface area contributed by atoms with E-state index in [1.165, 1.54) is 7.11 Å². The molecule has 1 rings (SSSR count). The molecule has 0 aliphatic carbocycles. The van der Waals surface area contributed by atoms with Crippen molar-refractivity contribution in [2.24, 2.45) is 11.7 Å². The standard InChI is InChI=1S/C12H22N2O3.ClH/c1-3-4-10(13)11(15)14-7-5-9(6-8-14)12(16)17-2;/h9-10H,3-8,13H2,1-2H3;1H. The monoisotopic (exact) mass is 278 g/mol. The van der Waals surface area contributed by atoms with Crippen molar-refractivity contribution in [3.05, 3.63) is 0 Å². The number of likely N-dealkylation sites (tertiary alicyclic amines) is 1. The van der Waals surface area contributed by atoms with Gasteiger partial charge in [-0.2, -0.15) is 0 Å². The fraction of sp³-hybridized carbons (Fsp3) is 0.833. The topological polar surface area (TPSA) is 72.6 Å². The molecule has 106 valence electrons. The number of nitrogens with zero attached hydrogens (tertiary/aromatic N) is 1. The normalized spacial score (nSPS) is 17.8. The zero-order valence-corrected chi connectivity index (χ0v) is 11.9. The van der Waals surface area contributed by atoms with Crippen LogP contribution in [0.5, 0.6) is 0 Å². The van der Waals surface area contributed by atoms with Crippen molar-refractivity contribution in [2.75, 3.05) is 20.2 Å². The lowest BCUT2D eigenvalue weighted by atomic mass is 9.96. The predicted molar refractivity (Wildman–Crippen MR) is 71.5 cm³/mol. The van der Waals surface area contributed by atoms with Crippen LogP contribution in [0, 0.1) is 5.92 Å². The zero-order valence-electron chi connectivity index (χ0n) is 11.1. The quantitative estimate of drug-likeness (QED) is 0.777. The van der Waals surface area contributed by atoms with Gasteiger partial charge in [-0.15, -0.1) is 12.4 Å². The van der Waals surface area contributed by atoms with Crippen LogP contribution in [0.1, 0.15) is 32.6 Å². The first kappa shape index (κ1) is 17.2. The van der Waals surface area contributed by atoms with Gasteiger partial charge in [-0.05, 0) is 19.3 Å². The highest BCUT2D eigenvalue weighted by Crippen LogP contribution is 2.19. The van der Waals surface area contributed by atoms with Gasteiger partial charge >= 0.3 is 5.97 Å². The minimum atomic E-state index is -0.394. The molecule has 6 heteroatoms. The first-order chi connectivity index (χ1) is 8.10. The minimum Gasteiger partial charge on any atom is -0.469 e. The predicted octanol–water partition coefficient (Wildman–Crippen LogP) is 0.947. The summed E-state index contributed by atoms with van der Waals surface area (Å²) < 4.78 is 4.70. The van der Waals surface area contributed by atoms with E-state index in [4.69, 9.17) is 10.5 Å². The average Bonchev–Trinajstić information content (AvgIpc) is 2.37. The summed E-state index contributed by atoms with van der Waals surface area (Å²) >= 11 is 0. The lowest BCUT2D eigenvalue weighted by Gasteiger charge is -2.32. The number of esters is 1. The molecular weight excluding hydrogens is 256 g/mol. The van der Waals surface area contributed by atoms with Crippen molar-refractivity contribution < 1.29 is 14.3 Å². The van der Waals surface area contributed by atoms with Crippen LogP contribution < -0.4 is 5.73 Å². The Morgan fingerprint density at radius 2 is 1.94 bits per heavy atom. The molecule has 5 nitrogen and oxygen atoms in total. The van der Waals surface area contributed by atoms with Gasteiger partial charge in [-0.1, -0.05) is 13.3 Å². The molecule has 1 atom stereocenters. The SMILES string of the molecule is CCCC(N)C(=O)N1CCC(C(=O)OC)CC1.Cl. The number of halogens is 1. The number of amides is 1. The fourth-order valence-corrected chi connectivity index (χ4v) is 2.17. The van der Waals surface area contributed by atoms with Gasteiger partial charge in [0.1, 0.15) is 0 Å². The van der Waals surface area contributed by atoms with Crippen molar-refractivity contribution >= 4 is 24.3 Å². The smallest absolute Gasteiger partial charge is 0.308 e. The molecule has 1 heterocycles. The van der Waals surface area contributed by atoms with Crippen LogP contribution in [0.4, 0.5) is 0 Å². The molecule has 2 N–H and O–H groups in total. The number of carbonyl (C=O) groups is 2. The molecule has 1 aliphatic rings. The Hall–Kier alpha value is -0.810. The highest BCUT2D eigenvalue weighted by molar-refractivity contribution is 5.85. The van der Waals surface area contributed by atoms with Crippen molar-refractivity contribution in [1.29, 1.82) is 0 Å². The molecule has 1 unspecified atom stereocenters. The Labute approximate surface area is 114 Å². The Morgan fingerprint density at radius 3 is 2.39 bits per heavy atom. The zero-order chi connectivity index (χ0) is 12.8. The van der Waals surface area contributed by atoms with Crippen molar-refractivity contribution in [3.63, 3.8) is 0 Å². The van der Waals surface area contributed by atoms with E-state index >= 15 is 0 Å². The van der Waals surface area contributed by atoms with Crippen molar-refractivity contribution in [1.82, 2.24) is 4.90 Å². The first-order valence-corrected chi connectivity index (χ1v) is 6.22. The summed E-state index contributed by atoms with van der Waals surface area (Å²) in [6, 6.07) is -0.394. The maximum atomic E-state index is 11.9. The number of rotatable bonds is 4. The first-order valence-electron chi connectivity index (χ1n) is 6.22. The van der Waals surface area contributed by atoms with Crippen LogP contribution in [0.3, 0.4) is 0 Å². The molecule has 1 fully saturated rings. The highest BCUT2D eigenvalue weighted by atomic mass is 35.5. The molecule has 0 aromatic heterocycles. The minimum absolute atomic E-state index is 0. The van der Waals surface area contributed by atoms with E-state index in [0.29, 0.717) is 25.9 Å². The molecule has 1 aliphatic heterocycles. The second-order valence-corrected chi connectivity index (χ2v) is 4.52. The van der Waals surface area contributed by atoms with E-state index in [1.54, 1.807) is 4.90 Å². The maximum Gasteiger partial charge on any atom is 0.308 e. The molecule has 0 aromatic carbocycles. The summed E-state index contributed by atoms with van der Waals surface area (Å²) in [4.78, 5) is 25.0. The van der Waals surface area contributed by atoms with Crippen LogP contribution in [0.2, 0.25) is 0 Å². The van der Waals surface area contributed by atoms with Crippen LogP contribution >= 0.6 is 12.4 Å². The van der Waals surface area contributed by atoms with Gasteiger partial charge in [0.25, 0.3) is 0 Å². The molecule has 0 bridgehead atoms. The number of hydrogen-bond acceptors (Lipinski definition) is 4. The Balaban J connectivity index is 0.00000289. The third-order valence-corrected chi connectivity index (χ3v) is 3.26. The van der Waals surface area contributed by atoms with Gasteiger partial charge in [0, 0.05) is 13.1 Å². The molecule has 18 heavy (non-hydrogen) atoms. The number of hydrogen-bond donors (Lipinski definition) is 1. The van der Waals surface area contributed by atoms with Crippen LogP contribution in [-0.2, 0) is 14.3 Å². The van der Waals surface area contributed by atoms with Gasteiger partial charge in [0.15, 0.2) is 0 Å². The number of nitrogens with two attached hydrogens (primary N) is 1. The summed E-state index contributed by atoms with van der Waals surface area (Å²) in [5, 5.41) is 0.